The third-order valence-corrected chi connectivity index (χ3v) is 6.65. The molecule has 0 saturated carbocycles. The van der Waals surface area contributed by atoms with Crippen molar-refractivity contribution >= 4 is 23.5 Å². The summed E-state index contributed by atoms with van der Waals surface area (Å²) in [6, 6.07) is 6.16. The molecule has 3 fully saturated rings. The molecule has 0 spiro atoms. The predicted molar refractivity (Wildman–Crippen MR) is 106 cm³/mol. The highest BCUT2D eigenvalue weighted by Gasteiger charge is 2.31. The van der Waals surface area contributed by atoms with Crippen molar-refractivity contribution < 1.29 is 4.79 Å². The first-order valence-corrected chi connectivity index (χ1v) is 10.9. The molecule has 3 aliphatic heterocycles. The fourth-order valence-corrected chi connectivity index (χ4v) is 5.19. The van der Waals surface area contributed by atoms with Gasteiger partial charge in [-0.05, 0) is 30.9 Å². The van der Waals surface area contributed by atoms with Crippen LogP contribution in [0.25, 0.3) is 0 Å². The van der Waals surface area contributed by atoms with Crippen LogP contribution in [-0.4, -0.2) is 84.2 Å². The smallest absolute Gasteiger partial charge is 0.240 e. The number of piperidine rings is 1. The molecule has 0 aliphatic carbocycles. The van der Waals surface area contributed by atoms with Gasteiger partial charge in [0, 0.05) is 63.6 Å². The van der Waals surface area contributed by atoms with E-state index in [1.165, 1.54) is 6.42 Å². The van der Waals surface area contributed by atoms with E-state index in [1.807, 2.05) is 24.0 Å². The lowest BCUT2D eigenvalue weighted by Gasteiger charge is -2.40. The molecule has 7 heteroatoms. The van der Waals surface area contributed by atoms with Gasteiger partial charge in [-0.2, -0.15) is 0 Å². The predicted octanol–water partition coefficient (Wildman–Crippen LogP) is 1.10. The zero-order valence-electron chi connectivity index (χ0n) is 15.3. The highest BCUT2D eigenvalue weighted by atomic mass is 32.2. The number of anilines is 1. The van der Waals surface area contributed by atoms with Crippen molar-refractivity contribution in [2.24, 2.45) is 5.92 Å². The van der Waals surface area contributed by atoms with Gasteiger partial charge in [-0.3, -0.25) is 15.0 Å². The quantitative estimate of drug-likeness (QED) is 0.851. The molecule has 142 valence electrons. The van der Waals surface area contributed by atoms with Gasteiger partial charge in [0.25, 0.3) is 0 Å². The summed E-state index contributed by atoms with van der Waals surface area (Å²) in [4.78, 5) is 24.2. The lowest BCUT2D eigenvalue weighted by Crippen LogP contribution is -2.52. The number of hydrogen-bond acceptors (Lipinski definition) is 6. The lowest BCUT2D eigenvalue weighted by atomic mass is 9.96. The Kier molecular flexibility index (Phi) is 5.97. The van der Waals surface area contributed by atoms with Crippen molar-refractivity contribution in [3.8, 4) is 0 Å². The van der Waals surface area contributed by atoms with E-state index in [-0.39, 0.29) is 6.04 Å². The Labute approximate surface area is 160 Å². The Morgan fingerprint density at radius 1 is 1.23 bits per heavy atom. The first-order chi connectivity index (χ1) is 12.8. The Balaban J connectivity index is 1.25. The maximum absolute atomic E-state index is 12.7. The summed E-state index contributed by atoms with van der Waals surface area (Å²) in [5, 5.41) is 3.32. The van der Waals surface area contributed by atoms with Gasteiger partial charge in [0.1, 0.15) is 5.82 Å². The van der Waals surface area contributed by atoms with Crippen LogP contribution in [0.2, 0.25) is 0 Å². The van der Waals surface area contributed by atoms with E-state index >= 15 is 0 Å². The second kappa shape index (κ2) is 8.59. The largest absolute Gasteiger partial charge is 0.354 e. The third-order valence-electron chi connectivity index (χ3n) is 5.71. The van der Waals surface area contributed by atoms with Crippen LogP contribution in [0.4, 0.5) is 5.82 Å². The zero-order chi connectivity index (χ0) is 17.8. The standard InChI is InChI=1S/C19H29N5OS/c25-19(17-14-26-15-21-17)24-7-3-4-16(13-24)12-22-8-10-23(11-9-22)18-5-1-2-6-20-18/h1-2,5-6,16-17,21H,3-4,7-15H2/t16-,17+/m0/s1. The molecule has 0 radical (unpaired) electrons. The van der Waals surface area contributed by atoms with E-state index in [2.05, 4.69) is 37.1 Å². The van der Waals surface area contributed by atoms with Gasteiger partial charge in [-0.1, -0.05) is 6.07 Å². The molecule has 1 amide bonds. The Hall–Kier alpha value is -1.31. The number of nitrogens with one attached hydrogen (secondary N) is 1. The summed E-state index contributed by atoms with van der Waals surface area (Å²) >= 11 is 1.83. The van der Waals surface area contributed by atoms with Crippen molar-refractivity contribution in [3.05, 3.63) is 24.4 Å². The molecule has 26 heavy (non-hydrogen) atoms. The molecule has 6 nitrogen and oxygen atoms in total. The summed E-state index contributed by atoms with van der Waals surface area (Å²) in [5.41, 5.74) is 0. The number of hydrogen-bond donors (Lipinski definition) is 1. The number of carbonyl (C=O) groups is 1. The summed E-state index contributed by atoms with van der Waals surface area (Å²) in [7, 11) is 0. The number of amides is 1. The average molecular weight is 376 g/mol. The molecule has 0 aromatic carbocycles. The number of pyridine rings is 1. The summed E-state index contributed by atoms with van der Waals surface area (Å²) in [5.74, 6) is 3.86. The minimum absolute atomic E-state index is 0.0423. The minimum atomic E-state index is 0.0423. The van der Waals surface area contributed by atoms with Gasteiger partial charge >= 0.3 is 0 Å². The van der Waals surface area contributed by atoms with E-state index in [4.69, 9.17) is 0 Å². The van der Waals surface area contributed by atoms with Crippen molar-refractivity contribution in [2.75, 3.05) is 62.3 Å². The third kappa shape index (κ3) is 4.32. The van der Waals surface area contributed by atoms with Crippen LogP contribution in [-0.2, 0) is 4.79 Å². The topological polar surface area (TPSA) is 51.7 Å². The molecule has 1 aromatic rings. The number of piperazine rings is 1. The molecular weight excluding hydrogens is 346 g/mol. The summed E-state index contributed by atoms with van der Waals surface area (Å²) in [6.45, 7) is 7.23. The average Bonchev–Trinajstić information content (AvgIpc) is 3.24. The molecule has 0 unspecified atom stereocenters. The molecule has 4 heterocycles. The van der Waals surface area contributed by atoms with Crippen LogP contribution >= 0.6 is 11.8 Å². The molecule has 1 aromatic heterocycles. The van der Waals surface area contributed by atoms with Crippen molar-refractivity contribution in [3.63, 3.8) is 0 Å². The Morgan fingerprint density at radius 2 is 2.12 bits per heavy atom. The first kappa shape index (κ1) is 18.1. The normalized spacial score (nSPS) is 27.7. The highest BCUT2D eigenvalue weighted by molar-refractivity contribution is 7.99. The molecule has 3 aliphatic rings. The molecule has 4 rings (SSSR count). The van der Waals surface area contributed by atoms with Crippen molar-refractivity contribution in [1.82, 2.24) is 20.1 Å². The van der Waals surface area contributed by atoms with E-state index < -0.39 is 0 Å². The zero-order valence-corrected chi connectivity index (χ0v) is 16.2. The molecule has 1 N–H and O–H groups in total. The first-order valence-electron chi connectivity index (χ1n) is 9.78. The van der Waals surface area contributed by atoms with Crippen molar-refractivity contribution in [1.29, 1.82) is 0 Å². The molecule has 3 saturated heterocycles. The van der Waals surface area contributed by atoms with Crippen molar-refractivity contribution in [2.45, 2.75) is 18.9 Å². The van der Waals surface area contributed by atoms with Crippen LogP contribution in [0.15, 0.2) is 24.4 Å². The monoisotopic (exact) mass is 375 g/mol. The SMILES string of the molecule is O=C([C@H]1CSCN1)N1CCC[C@@H](CN2CCN(c3ccccn3)CC2)C1. The molecule has 0 bridgehead atoms. The number of thioether (sulfide) groups is 1. The second-order valence-corrected chi connectivity index (χ2v) is 8.57. The Morgan fingerprint density at radius 3 is 2.85 bits per heavy atom. The van der Waals surface area contributed by atoms with Gasteiger partial charge in [0.15, 0.2) is 0 Å². The van der Waals surface area contributed by atoms with Crippen LogP contribution in [0.1, 0.15) is 12.8 Å². The minimum Gasteiger partial charge on any atom is -0.354 e. The number of nitrogens with zero attached hydrogens (tertiary/aromatic N) is 4. The van der Waals surface area contributed by atoms with Gasteiger partial charge < -0.3 is 9.80 Å². The van der Waals surface area contributed by atoms with E-state index in [0.717, 1.165) is 69.7 Å². The van der Waals surface area contributed by atoms with Gasteiger partial charge in [0.05, 0.1) is 6.04 Å². The Bertz CT molecular complexity index is 587. The maximum Gasteiger partial charge on any atom is 0.240 e. The molecular formula is C19H29N5OS. The lowest BCUT2D eigenvalue weighted by molar-refractivity contribution is -0.134. The van der Waals surface area contributed by atoms with Gasteiger partial charge in [-0.25, -0.2) is 4.98 Å². The number of aromatic nitrogens is 1. The number of rotatable bonds is 4. The van der Waals surface area contributed by atoms with Crippen LogP contribution in [0, 0.1) is 5.92 Å². The number of carbonyl (C=O) groups excluding carboxylic acids is 1. The van der Waals surface area contributed by atoms with Crippen LogP contribution in [0.5, 0.6) is 0 Å². The summed E-state index contributed by atoms with van der Waals surface area (Å²) < 4.78 is 0. The van der Waals surface area contributed by atoms with E-state index in [0.29, 0.717) is 11.8 Å². The van der Waals surface area contributed by atoms with Gasteiger partial charge in [-0.15, -0.1) is 11.8 Å². The number of likely N-dealkylation sites (tertiary alicyclic amines) is 1. The maximum atomic E-state index is 12.7. The fourth-order valence-electron chi connectivity index (χ4n) is 4.25. The molecule has 2 atom stereocenters. The highest BCUT2D eigenvalue weighted by Crippen LogP contribution is 2.21. The van der Waals surface area contributed by atoms with Crippen LogP contribution in [0.3, 0.4) is 0 Å². The fraction of sp³-hybridized carbons (Fsp3) is 0.684. The van der Waals surface area contributed by atoms with E-state index in [9.17, 15) is 4.79 Å². The summed E-state index contributed by atoms with van der Waals surface area (Å²) in [6.07, 6.45) is 4.26. The van der Waals surface area contributed by atoms with Gasteiger partial charge in [0.2, 0.25) is 5.91 Å². The van der Waals surface area contributed by atoms with Crippen LogP contribution < -0.4 is 10.2 Å². The van der Waals surface area contributed by atoms with E-state index in [1.54, 1.807) is 0 Å². The second-order valence-electron chi connectivity index (χ2n) is 7.54.